The molecule has 1 fully saturated rings. The van der Waals surface area contributed by atoms with E-state index in [1.54, 1.807) is 0 Å². The largest absolute Gasteiger partial charge is 1.00 e. The molecule has 0 bridgehead atoms. The van der Waals surface area contributed by atoms with Crippen molar-refractivity contribution in [3.05, 3.63) is 0 Å². The number of ether oxygens (including phenoxy) is 1. The summed E-state index contributed by atoms with van der Waals surface area (Å²) in [6, 6.07) is -2.48. The molecule has 3 amide bonds. The van der Waals surface area contributed by atoms with E-state index >= 15 is 0 Å². The second-order valence-corrected chi connectivity index (χ2v) is 6.90. The minimum atomic E-state index is -4.78. The van der Waals surface area contributed by atoms with Crippen LogP contribution in [0.5, 0.6) is 0 Å². The number of hydrogen-bond donors (Lipinski definition) is 4. The van der Waals surface area contributed by atoms with E-state index in [1.807, 2.05) is 0 Å². The average Bonchev–Trinajstić information content (AvgIpc) is 2.53. The summed E-state index contributed by atoms with van der Waals surface area (Å²) in [5, 5.41) is 14.9. The molecule has 1 aliphatic heterocycles. The summed E-state index contributed by atoms with van der Waals surface area (Å²) in [4.78, 5) is 46.1. The molecule has 5 N–H and O–H groups in total. The van der Waals surface area contributed by atoms with Gasteiger partial charge in [-0.15, -0.1) is 0 Å². The van der Waals surface area contributed by atoms with Crippen LogP contribution in [0, 0.1) is 0 Å². The Morgan fingerprint density at radius 2 is 2.00 bits per heavy atom. The molecule has 0 spiro atoms. The number of rotatable bonds is 9. The van der Waals surface area contributed by atoms with Gasteiger partial charge in [0.1, 0.15) is 6.04 Å². The second-order valence-electron chi connectivity index (χ2n) is 5.56. The Kier molecular flexibility index (Phi) is 9.30. The number of methoxy groups -OCH3 is 1. The summed E-state index contributed by atoms with van der Waals surface area (Å²) in [5.41, 5.74) is 3.21. The Balaban J connectivity index is 0.00000676. The standard InChI is InChI=1S/C12H20N4O9S.Na/c1-6(14-8(17)4-3-7(13)10(19)20)9(18)15-12(25-2)5-16(11(12)21)26(22,23)24;/h6-7H,3-5,13H2,1-2H3,(H,14,17)(H,15,18)(H,19,20)(H,22,23,24);/q;+1/p-1/t6-,7-,12?;/m1./s1. The minimum absolute atomic E-state index is 0. The number of nitrogens with one attached hydrogen (secondary N) is 2. The summed E-state index contributed by atoms with van der Waals surface area (Å²) >= 11 is 0. The molecule has 0 radical (unpaired) electrons. The number of aliphatic carboxylic acids is 1. The Bertz CT molecular complexity index is 716. The maximum absolute atomic E-state index is 12.1. The number of nitrogens with two attached hydrogens (primary N) is 1. The summed E-state index contributed by atoms with van der Waals surface area (Å²) in [5.74, 6) is -4.25. The Hall–Kier alpha value is -1.29. The van der Waals surface area contributed by atoms with Crippen molar-refractivity contribution in [1.29, 1.82) is 0 Å². The first-order valence-corrected chi connectivity index (χ1v) is 8.66. The second kappa shape index (κ2) is 9.77. The van der Waals surface area contributed by atoms with E-state index in [-0.39, 0.29) is 46.7 Å². The number of carbonyl (C=O) groups is 4. The molecule has 1 aliphatic rings. The maximum Gasteiger partial charge on any atom is 1.00 e. The third-order valence-electron chi connectivity index (χ3n) is 3.65. The third-order valence-corrected chi connectivity index (χ3v) is 4.50. The van der Waals surface area contributed by atoms with Crippen LogP contribution < -0.4 is 51.0 Å². The quantitative estimate of drug-likeness (QED) is 0.120. The third kappa shape index (κ3) is 6.38. The zero-order chi connectivity index (χ0) is 20.3. The predicted octanol–water partition coefficient (Wildman–Crippen LogP) is -7.54. The summed E-state index contributed by atoms with van der Waals surface area (Å²) in [6.45, 7) is 0.632. The van der Waals surface area contributed by atoms with Gasteiger partial charge < -0.3 is 31.0 Å². The van der Waals surface area contributed by atoms with Crippen LogP contribution in [-0.4, -0.2) is 72.4 Å². The first-order valence-electron chi connectivity index (χ1n) is 7.26. The van der Waals surface area contributed by atoms with Gasteiger partial charge in [0.25, 0.3) is 5.91 Å². The number of amides is 3. The molecule has 0 aromatic heterocycles. The molecule has 0 saturated carbocycles. The first kappa shape index (κ1) is 25.7. The predicted molar refractivity (Wildman–Crippen MR) is 81.0 cm³/mol. The summed E-state index contributed by atoms with van der Waals surface area (Å²) in [6.07, 6.45) is -0.482. The van der Waals surface area contributed by atoms with Crippen LogP contribution in [0.1, 0.15) is 19.8 Å². The average molecular weight is 418 g/mol. The van der Waals surface area contributed by atoms with Crippen LogP contribution >= 0.6 is 0 Å². The molecular formula is C12H19N4NaO9S. The SMILES string of the molecule is COC1(NC(=O)[C@@H](C)NC(=O)CC[C@@H](N)C(=O)[O-])CN(S(=O)(=O)O)C1=O.[Na+]. The molecule has 1 heterocycles. The van der Waals surface area contributed by atoms with Crippen molar-refractivity contribution >= 4 is 34.0 Å². The van der Waals surface area contributed by atoms with Gasteiger partial charge in [-0.2, -0.15) is 8.42 Å². The van der Waals surface area contributed by atoms with Crippen LogP contribution in [0.2, 0.25) is 0 Å². The van der Waals surface area contributed by atoms with Gasteiger partial charge in [0.2, 0.25) is 17.5 Å². The number of β-lactam (4-membered cyclic amide) rings is 1. The summed E-state index contributed by atoms with van der Waals surface area (Å²) in [7, 11) is -3.73. The number of carbonyl (C=O) groups excluding carboxylic acids is 4. The maximum atomic E-state index is 12.1. The minimum Gasteiger partial charge on any atom is -0.548 e. The van der Waals surface area contributed by atoms with E-state index in [4.69, 9.17) is 15.0 Å². The normalized spacial score (nSPS) is 21.3. The molecule has 148 valence electrons. The monoisotopic (exact) mass is 418 g/mol. The zero-order valence-corrected chi connectivity index (χ0v) is 17.7. The molecule has 15 heteroatoms. The summed E-state index contributed by atoms with van der Waals surface area (Å²) < 4.78 is 35.7. The number of hydrogen-bond acceptors (Lipinski definition) is 9. The van der Waals surface area contributed by atoms with E-state index in [1.165, 1.54) is 6.92 Å². The van der Waals surface area contributed by atoms with Crippen LogP contribution in [0.25, 0.3) is 0 Å². The molecule has 1 unspecified atom stereocenters. The van der Waals surface area contributed by atoms with Crippen LogP contribution in [-0.2, 0) is 34.2 Å². The molecular weight excluding hydrogens is 399 g/mol. The van der Waals surface area contributed by atoms with Crippen LogP contribution in [0.4, 0.5) is 0 Å². The number of nitrogens with zero attached hydrogens (tertiary/aromatic N) is 1. The molecule has 27 heavy (non-hydrogen) atoms. The van der Waals surface area contributed by atoms with Crippen molar-refractivity contribution < 1.29 is 71.5 Å². The molecule has 3 atom stereocenters. The van der Waals surface area contributed by atoms with Crippen LogP contribution in [0.3, 0.4) is 0 Å². The molecule has 0 aliphatic carbocycles. The van der Waals surface area contributed by atoms with Gasteiger partial charge in [-0.3, -0.25) is 18.9 Å². The Morgan fingerprint density at radius 3 is 2.41 bits per heavy atom. The van der Waals surface area contributed by atoms with Gasteiger partial charge in [-0.25, -0.2) is 4.31 Å². The van der Waals surface area contributed by atoms with Crippen molar-refractivity contribution in [2.45, 2.75) is 37.6 Å². The molecule has 1 rings (SSSR count). The van der Waals surface area contributed by atoms with Crippen molar-refractivity contribution in [2.24, 2.45) is 5.73 Å². The van der Waals surface area contributed by atoms with Crippen molar-refractivity contribution in [1.82, 2.24) is 14.9 Å². The van der Waals surface area contributed by atoms with Gasteiger partial charge >= 0.3 is 39.9 Å². The van der Waals surface area contributed by atoms with E-state index in [9.17, 15) is 32.7 Å². The molecule has 1 saturated heterocycles. The van der Waals surface area contributed by atoms with Crippen molar-refractivity contribution in [3.8, 4) is 0 Å². The van der Waals surface area contributed by atoms with E-state index in [2.05, 4.69) is 10.6 Å². The van der Waals surface area contributed by atoms with Crippen molar-refractivity contribution in [3.63, 3.8) is 0 Å². The van der Waals surface area contributed by atoms with Crippen LogP contribution in [0.15, 0.2) is 0 Å². The number of carboxylic acid groups (broad SMARTS) is 1. The zero-order valence-electron chi connectivity index (χ0n) is 14.9. The fourth-order valence-corrected chi connectivity index (χ4v) is 2.73. The first-order chi connectivity index (χ1) is 11.8. The van der Waals surface area contributed by atoms with E-state index in [0.29, 0.717) is 0 Å². The fourth-order valence-electron chi connectivity index (χ4n) is 2.02. The van der Waals surface area contributed by atoms with Gasteiger partial charge in [0, 0.05) is 19.6 Å². The van der Waals surface area contributed by atoms with Gasteiger partial charge in [-0.1, -0.05) is 0 Å². The van der Waals surface area contributed by atoms with Gasteiger partial charge in [0.15, 0.2) is 0 Å². The fraction of sp³-hybridized carbons (Fsp3) is 0.667. The van der Waals surface area contributed by atoms with E-state index < -0.39 is 58.3 Å². The van der Waals surface area contributed by atoms with E-state index in [0.717, 1.165) is 7.11 Å². The number of carboxylic acids is 1. The van der Waals surface area contributed by atoms with Gasteiger partial charge in [0.05, 0.1) is 12.5 Å². The topological polar surface area (TPSA) is 208 Å². The Labute approximate surface area is 177 Å². The smallest absolute Gasteiger partial charge is 0.548 e. The molecule has 0 aromatic carbocycles. The van der Waals surface area contributed by atoms with Crippen molar-refractivity contribution in [2.75, 3.05) is 13.7 Å². The molecule has 13 nitrogen and oxygen atoms in total. The van der Waals surface area contributed by atoms with Gasteiger partial charge in [-0.05, 0) is 13.3 Å². The molecule has 0 aromatic rings. The Morgan fingerprint density at radius 1 is 1.44 bits per heavy atom.